The molecular formula is C14H19N3O2S. The molecule has 0 aliphatic heterocycles. The van der Waals surface area contributed by atoms with Gasteiger partial charge in [-0.25, -0.2) is 18.1 Å². The predicted octanol–water partition coefficient (Wildman–Crippen LogP) is 2.20. The van der Waals surface area contributed by atoms with Crippen molar-refractivity contribution in [3.05, 3.63) is 24.0 Å². The van der Waals surface area contributed by atoms with Crippen LogP contribution in [0.15, 0.2) is 23.2 Å². The van der Waals surface area contributed by atoms with Crippen molar-refractivity contribution in [3.63, 3.8) is 0 Å². The molecule has 0 radical (unpaired) electrons. The van der Waals surface area contributed by atoms with Gasteiger partial charge in [0.25, 0.3) is 0 Å². The lowest BCUT2D eigenvalue weighted by molar-refractivity contribution is 0.339. The van der Waals surface area contributed by atoms with Crippen molar-refractivity contribution >= 4 is 10.0 Å². The number of sulfonamides is 1. The highest BCUT2D eigenvalue weighted by Crippen LogP contribution is 2.25. The lowest BCUT2D eigenvalue weighted by atomic mass is 9.87. The summed E-state index contributed by atoms with van der Waals surface area (Å²) in [5.41, 5.74) is 0.214. The van der Waals surface area contributed by atoms with E-state index >= 15 is 0 Å². The van der Waals surface area contributed by atoms with Gasteiger partial charge in [0, 0.05) is 12.7 Å². The minimum Gasteiger partial charge on any atom is -0.244 e. The van der Waals surface area contributed by atoms with Crippen LogP contribution in [-0.2, 0) is 10.0 Å². The Morgan fingerprint density at radius 1 is 1.30 bits per heavy atom. The van der Waals surface area contributed by atoms with Crippen molar-refractivity contribution in [2.24, 2.45) is 5.92 Å². The van der Waals surface area contributed by atoms with Gasteiger partial charge in [-0.1, -0.05) is 32.1 Å². The van der Waals surface area contributed by atoms with Crippen LogP contribution in [0.4, 0.5) is 0 Å². The van der Waals surface area contributed by atoms with Crippen LogP contribution in [0.25, 0.3) is 0 Å². The third-order valence-corrected chi connectivity index (χ3v) is 5.18. The monoisotopic (exact) mass is 293 g/mol. The Morgan fingerprint density at radius 2 is 2.05 bits per heavy atom. The van der Waals surface area contributed by atoms with Crippen molar-refractivity contribution in [2.75, 3.05) is 6.54 Å². The Bertz CT molecular complexity index is 569. The second-order valence-corrected chi connectivity index (χ2v) is 6.95. The van der Waals surface area contributed by atoms with E-state index < -0.39 is 10.0 Å². The molecule has 1 aliphatic carbocycles. The van der Waals surface area contributed by atoms with Gasteiger partial charge in [0.05, 0.1) is 0 Å². The van der Waals surface area contributed by atoms with Crippen LogP contribution >= 0.6 is 0 Å². The van der Waals surface area contributed by atoms with Gasteiger partial charge in [-0.2, -0.15) is 5.26 Å². The molecule has 1 aromatic rings. The molecule has 2 rings (SSSR count). The number of rotatable bonds is 5. The van der Waals surface area contributed by atoms with Crippen LogP contribution in [0.3, 0.4) is 0 Å². The minimum absolute atomic E-state index is 0.111. The Balaban J connectivity index is 1.88. The van der Waals surface area contributed by atoms with Crippen LogP contribution in [0.1, 0.15) is 44.2 Å². The van der Waals surface area contributed by atoms with Gasteiger partial charge >= 0.3 is 0 Å². The molecule has 1 aromatic heterocycles. The van der Waals surface area contributed by atoms with E-state index in [0.29, 0.717) is 12.5 Å². The van der Waals surface area contributed by atoms with E-state index in [1.54, 1.807) is 0 Å². The van der Waals surface area contributed by atoms with Crippen molar-refractivity contribution < 1.29 is 8.42 Å². The summed E-state index contributed by atoms with van der Waals surface area (Å²) in [5.74, 6) is 0.644. The van der Waals surface area contributed by atoms with Crippen LogP contribution in [-0.4, -0.2) is 19.9 Å². The van der Waals surface area contributed by atoms with Gasteiger partial charge in [0.1, 0.15) is 16.7 Å². The van der Waals surface area contributed by atoms with Gasteiger partial charge in [-0.05, 0) is 24.5 Å². The Hall–Kier alpha value is -1.45. The van der Waals surface area contributed by atoms with Crippen molar-refractivity contribution in [3.8, 4) is 6.07 Å². The van der Waals surface area contributed by atoms with E-state index in [9.17, 15) is 8.42 Å². The summed E-state index contributed by atoms with van der Waals surface area (Å²) >= 11 is 0. The normalized spacial score (nSPS) is 16.8. The molecule has 0 saturated heterocycles. The zero-order valence-electron chi connectivity index (χ0n) is 11.4. The molecule has 1 fully saturated rings. The third-order valence-electron chi connectivity index (χ3n) is 3.73. The van der Waals surface area contributed by atoms with Gasteiger partial charge in [0.15, 0.2) is 0 Å². The fourth-order valence-corrected chi connectivity index (χ4v) is 3.55. The summed E-state index contributed by atoms with van der Waals surface area (Å²) in [5, 5.41) is 8.64. The first-order chi connectivity index (χ1) is 9.62. The van der Waals surface area contributed by atoms with E-state index in [1.165, 1.54) is 50.4 Å². The van der Waals surface area contributed by atoms with Gasteiger partial charge in [-0.15, -0.1) is 0 Å². The molecule has 0 unspecified atom stereocenters. The molecule has 1 N–H and O–H groups in total. The number of hydrogen-bond donors (Lipinski definition) is 1. The third kappa shape index (κ3) is 4.02. The SMILES string of the molecule is N#Cc1ccc(S(=O)(=O)NCCC2CCCCC2)cn1. The van der Waals surface area contributed by atoms with E-state index in [-0.39, 0.29) is 10.6 Å². The second kappa shape index (κ2) is 6.82. The molecule has 0 bridgehead atoms. The molecule has 0 amide bonds. The summed E-state index contributed by atoms with van der Waals surface area (Å²) in [6, 6.07) is 4.69. The topological polar surface area (TPSA) is 82.8 Å². The molecule has 1 heterocycles. The largest absolute Gasteiger partial charge is 0.244 e. The maximum absolute atomic E-state index is 12.0. The van der Waals surface area contributed by atoms with Gasteiger partial charge < -0.3 is 0 Å². The Kier molecular flexibility index (Phi) is 5.10. The highest BCUT2D eigenvalue weighted by Gasteiger charge is 2.17. The van der Waals surface area contributed by atoms with Gasteiger partial charge in [0.2, 0.25) is 10.0 Å². The smallest absolute Gasteiger partial charge is 0.242 e. The van der Waals surface area contributed by atoms with E-state index in [0.717, 1.165) is 6.42 Å². The molecule has 0 spiro atoms. The highest BCUT2D eigenvalue weighted by atomic mass is 32.2. The summed E-state index contributed by atoms with van der Waals surface area (Å²) in [4.78, 5) is 3.89. The van der Waals surface area contributed by atoms with Gasteiger partial charge in [-0.3, -0.25) is 0 Å². The molecule has 0 aromatic carbocycles. The Labute approximate surface area is 120 Å². The summed E-state index contributed by atoms with van der Waals surface area (Å²) in [6.07, 6.45) is 8.36. The van der Waals surface area contributed by atoms with Crippen LogP contribution in [0, 0.1) is 17.2 Å². The number of nitriles is 1. The summed E-state index contributed by atoms with van der Waals surface area (Å²) in [7, 11) is -3.51. The molecule has 20 heavy (non-hydrogen) atoms. The first kappa shape index (κ1) is 14.9. The zero-order valence-corrected chi connectivity index (χ0v) is 12.2. The number of hydrogen-bond acceptors (Lipinski definition) is 4. The maximum Gasteiger partial charge on any atom is 0.242 e. The first-order valence-electron chi connectivity index (χ1n) is 6.97. The predicted molar refractivity (Wildman–Crippen MR) is 75.3 cm³/mol. The van der Waals surface area contributed by atoms with Crippen molar-refractivity contribution in [1.29, 1.82) is 5.26 Å². The lowest BCUT2D eigenvalue weighted by Crippen LogP contribution is -2.26. The average molecular weight is 293 g/mol. The number of nitrogens with zero attached hydrogens (tertiary/aromatic N) is 2. The molecule has 108 valence electrons. The first-order valence-corrected chi connectivity index (χ1v) is 8.46. The zero-order chi connectivity index (χ0) is 14.4. The minimum atomic E-state index is -3.51. The summed E-state index contributed by atoms with van der Waals surface area (Å²) < 4.78 is 26.7. The number of nitrogens with one attached hydrogen (secondary N) is 1. The lowest BCUT2D eigenvalue weighted by Gasteiger charge is -2.21. The average Bonchev–Trinajstić information content (AvgIpc) is 2.48. The standard InChI is InChI=1S/C14H19N3O2S/c15-10-13-6-7-14(11-16-13)20(18,19)17-9-8-12-4-2-1-3-5-12/h6-7,11-12,17H,1-5,8-9H2. The molecule has 1 aliphatic rings. The fraction of sp³-hybridized carbons (Fsp3) is 0.571. The van der Waals surface area contributed by atoms with Crippen LogP contribution < -0.4 is 4.72 Å². The van der Waals surface area contributed by atoms with E-state index in [2.05, 4.69) is 9.71 Å². The molecule has 6 heteroatoms. The van der Waals surface area contributed by atoms with Crippen LogP contribution in [0.5, 0.6) is 0 Å². The number of aromatic nitrogens is 1. The second-order valence-electron chi connectivity index (χ2n) is 5.18. The number of pyridine rings is 1. The quantitative estimate of drug-likeness (QED) is 0.902. The van der Waals surface area contributed by atoms with E-state index in [1.807, 2.05) is 6.07 Å². The molecule has 1 saturated carbocycles. The van der Waals surface area contributed by atoms with Crippen molar-refractivity contribution in [1.82, 2.24) is 9.71 Å². The molecular weight excluding hydrogens is 274 g/mol. The summed E-state index contributed by atoms with van der Waals surface area (Å²) in [6.45, 7) is 0.465. The maximum atomic E-state index is 12.0. The van der Waals surface area contributed by atoms with E-state index in [4.69, 9.17) is 5.26 Å². The fourth-order valence-electron chi connectivity index (χ4n) is 2.56. The highest BCUT2D eigenvalue weighted by molar-refractivity contribution is 7.89. The van der Waals surface area contributed by atoms with Crippen LogP contribution in [0.2, 0.25) is 0 Å². The Morgan fingerprint density at radius 3 is 2.65 bits per heavy atom. The van der Waals surface area contributed by atoms with Crippen molar-refractivity contribution in [2.45, 2.75) is 43.4 Å². The molecule has 0 atom stereocenters. The molecule has 5 nitrogen and oxygen atoms in total.